The van der Waals surface area contributed by atoms with Gasteiger partial charge >= 0.3 is 0 Å². The van der Waals surface area contributed by atoms with Gasteiger partial charge in [-0.15, -0.1) is 22.7 Å². The molecule has 0 aromatic carbocycles. The van der Waals surface area contributed by atoms with E-state index in [2.05, 4.69) is 16.8 Å². The van der Waals surface area contributed by atoms with Gasteiger partial charge in [-0.3, -0.25) is 4.79 Å². The van der Waals surface area contributed by atoms with E-state index in [4.69, 9.17) is 5.11 Å². The zero-order valence-electron chi connectivity index (χ0n) is 11.9. The van der Waals surface area contributed by atoms with Gasteiger partial charge in [0.25, 0.3) is 5.91 Å². The molecule has 1 amide bonds. The number of thiazole rings is 1. The third-order valence-corrected chi connectivity index (χ3v) is 4.40. The van der Waals surface area contributed by atoms with Gasteiger partial charge in [0.05, 0.1) is 18.2 Å². The zero-order valence-corrected chi connectivity index (χ0v) is 13.6. The lowest BCUT2D eigenvalue weighted by Gasteiger charge is -2.14. The number of hydrogen-bond donors (Lipinski definition) is 1. The molecule has 1 N–H and O–H groups in total. The standard InChI is InChI=1S/C15H16N2O2S2/c1-11-16-14(10-20-11)15(19)17(2)8-13-7-12(9-21-13)5-3-4-6-18/h7,9-10,18H,4,6,8H2,1-2H3. The molecule has 0 unspecified atom stereocenters. The van der Waals surface area contributed by atoms with Crippen LogP contribution in [-0.2, 0) is 6.54 Å². The highest BCUT2D eigenvalue weighted by atomic mass is 32.1. The summed E-state index contributed by atoms with van der Waals surface area (Å²) in [4.78, 5) is 19.1. The van der Waals surface area contributed by atoms with Gasteiger partial charge in [0.15, 0.2) is 0 Å². The van der Waals surface area contributed by atoms with Gasteiger partial charge in [0.2, 0.25) is 0 Å². The normalized spacial score (nSPS) is 10.0. The molecule has 0 saturated carbocycles. The first-order chi connectivity index (χ1) is 10.1. The van der Waals surface area contributed by atoms with Gasteiger partial charge in [-0.25, -0.2) is 4.98 Å². The highest BCUT2D eigenvalue weighted by Crippen LogP contribution is 2.17. The number of aryl methyl sites for hydroxylation is 1. The molecular weight excluding hydrogens is 304 g/mol. The highest BCUT2D eigenvalue weighted by Gasteiger charge is 2.15. The first-order valence-corrected chi connectivity index (χ1v) is 8.21. The molecule has 110 valence electrons. The van der Waals surface area contributed by atoms with E-state index in [0.29, 0.717) is 18.7 Å². The summed E-state index contributed by atoms with van der Waals surface area (Å²) >= 11 is 3.05. The molecule has 0 saturated heterocycles. The van der Waals surface area contributed by atoms with Crippen LogP contribution in [0.15, 0.2) is 16.8 Å². The van der Waals surface area contributed by atoms with Gasteiger partial charge in [-0.05, 0) is 13.0 Å². The number of aliphatic hydroxyl groups excluding tert-OH is 1. The van der Waals surface area contributed by atoms with Crippen molar-refractivity contribution in [3.8, 4) is 11.8 Å². The molecule has 0 fully saturated rings. The average molecular weight is 320 g/mol. The number of carbonyl (C=O) groups excluding carboxylic acids is 1. The Morgan fingerprint density at radius 3 is 2.90 bits per heavy atom. The van der Waals surface area contributed by atoms with Crippen LogP contribution >= 0.6 is 22.7 Å². The number of thiophene rings is 1. The maximum absolute atomic E-state index is 12.2. The number of aliphatic hydroxyl groups is 1. The molecule has 21 heavy (non-hydrogen) atoms. The van der Waals surface area contributed by atoms with Crippen LogP contribution < -0.4 is 0 Å². The molecule has 6 heteroatoms. The van der Waals surface area contributed by atoms with Crippen LogP contribution in [0.5, 0.6) is 0 Å². The summed E-state index contributed by atoms with van der Waals surface area (Å²) in [5, 5.41) is 13.3. The van der Waals surface area contributed by atoms with Gasteiger partial charge in [0, 0.05) is 34.7 Å². The van der Waals surface area contributed by atoms with Crippen molar-refractivity contribution in [3.05, 3.63) is 38.0 Å². The van der Waals surface area contributed by atoms with Gasteiger partial charge < -0.3 is 10.0 Å². The molecule has 0 bridgehead atoms. The summed E-state index contributed by atoms with van der Waals surface area (Å²) in [6.45, 7) is 2.51. The van der Waals surface area contributed by atoms with Crippen molar-refractivity contribution in [3.63, 3.8) is 0 Å². The monoisotopic (exact) mass is 320 g/mol. The molecule has 0 aliphatic heterocycles. The van der Waals surface area contributed by atoms with Crippen LogP contribution in [0.4, 0.5) is 0 Å². The van der Waals surface area contributed by atoms with Gasteiger partial charge in [0.1, 0.15) is 5.69 Å². The SMILES string of the molecule is Cc1nc(C(=O)N(C)Cc2cc(C#CCCO)cs2)cs1. The molecule has 4 nitrogen and oxygen atoms in total. The zero-order chi connectivity index (χ0) is 15.2. The first kappa shape index (κ1) is 15.7. The first-order valence-electron chi connectivity index (χ1n) is 6.45. The molecular formula is C15H16N2O2S2. The summed E-state index contributed by atoms with van der Waals surface area (Å²) < 4.78 is 0. The minimum Gasteiger partial charge on any atom is -0.395 e. The van der Waals surface area contributed by atoms with Crippen molar-refractivity contribution in [2.24, 2.45) is 0 Å². The van der Waals surface area contributed by atoms with E-state index in [1.165, 1.54) is 11.3 Å². The van der Waals surface area contributed by atoms with Crippen molar-refractivity contribution in [2.45, 2.75) is 19.9 Å². The van der Waals surface area contributed by atoms with E-state index in [-0.39, 0.29) is 12.5 Å². The Hall–Kier alpha value is -1.68. The van der Waals surface area contributed by atoms with E-state index in [9.17, 15) is 4.79 Å². The lowest BCUT2D eigenvalue weighted by atomic mass is 10.3. The Morgan fingerprint density at radius 2 is 2.24 bits per heavy atom. The van der Waals surface area contributed by atoms with E-state index in [1.807, 2.05) is 18.4 Å². The van der Waals surface area contributed by atoms with Crippen molar-refractivity contribution in [1.29, 1.82) is 0 Å². The Morgan fingerprint density at radius 1 is 1.43 bits per heavy atom. The van der Waals surface area contributed by atoms with Gasteiger partial charge in [-0.1, -0.05) is 11.8 Å². The van der Waals surface area contributed by atoms with E-state index >= 15 is 0 Å². The Labute approximate surface area is 132 Å². The summed E-state index contributed by atoms with van der Waals surface area (Å²) in [5.74, 6) is 5.81. The fourth-order valence-electron chi connectivity index (χ4n) is 1.71. The minimum atomic E-state index is -0.0688. The average Bonchev–Trinajstić information content (AvgIpc) is 3.07. The van der Waals surface area contributed by atoms with Crippen molar-refractivity contribution < 1.29 is 9.90 Å². The van der Waals surface area contributed by atoms with Crippen LogP contribution in [0, 0.1) is 18.8 Å². The maximum Gasteiger partial charge on any atom is 0.273 e. The predicted molar refractivity (Wildman–Crippen MR) is 85.5 cm³/mol. The lowest BCUT2D eigenvalue weighted by molar-refractivity contribution is 0.0781. The van der Waals surface area contributed by atoms with Crippen molar-refractivity contribution >= 4 is 28.6 Å². The fourth-order valence-corrected chi connectivity index (χ4v) is 3.17. The number of nitrogens with zero attached hydrogens (tertiary/aromatic N) is 2. The number of amides is 1. The third kappa shape index (κ3) is 4.39. The second-order valence-corrected chi connectivity index (χ2v) is 6.55. The lowest BCUT2D eigenvalue weighted by Crippen LogP contribution is -2.26. The van der Waals surface area contributed by atoms with E-state index in [0.717, 1.165) is 15.4 Å². The number of hydrogen-bond acceptors (Lipinski definition) is 5. The molecule has 0 atom stereocenters. The largest absolute Gasteiger partial charge is 0.395 e. The van der Waals surface area contributed by atoms with Crippen molar-refractivity contribution in [1.82, 2.24) is 9.88 Å². The smallest absolute Gasteiger partial charge is 0.273 e. The number of rotatable bonds is 4. The Balaban J connectivity index is 1.98. The molecule has 2 rings (SSSR count). The minimum absolute atomic E-state index is 0.0688. The highest BCUT2D eigenvalue weighted by molar-refractivity contribution is 7.10. The molecule has 2 aromatic heterocycles. The van der Waals surface area contributed by atoms with Crippen LogP contribution in [0.25, 0.3) is 0 Å². The van der Waals surface area contributed by atoms with E-state index in [1.54, 1.807) is 28.7 Å². The maximum atomic E-state index is 12.2. The molecule has 2 aromatic rings. The summed E-state index contributed by atoms with van der Waals surface area (Å²) in [6, 6.07) is 1.98. The second kappa shape index (κ2) is 7.36. The second-order valence-electron chi connectivity index (χ2n) is 4.49. The summed E-state index contributed by atoms with van der Waals surface area (Å²) in [6.07, 6.45) is 0.479. The van der Waals surface area contributed by atoms with Crippen LogP contribution in [0.1, 0.15) is 32.4 Å². The topological polar surface area (TPSA) is 53.4 Å². The third-order valence-electron chi connectivity index (χ3n) is 2.70. The summed E-state index contributed by atoms with van der Waals surface area (Å²) in [7, 11) is 1.77. The Bertz CT molecular complexity index is 679. The number of aromatic nitrogens is 1. The molecule has 2 heterocycles. The van der Waals surface area contributed by atoms with Crippen LogP contribution in [0.3, 0.4) is 0 Å². The predicted octanol–water partition coefficient (Wildman–Crippen LogP) is 2.52. The summed E-state index contributed by atoms with van der Waals surface area (Å²) in [5.41, 5.74) is 1.42. The number of carbonyl (C=O) groups is 1. The molecule has 0 spiro atoms. The van der Waals surface area contributed by atoms with Crippen LogP contribution in [0.2, 0.25) is 0 Å². The van der Waals surface area contributed by atoms with Crippen molar-refractivity contribution in [2.75, 3.05) is 13.7 Å². The molecule has 0 radical (unpaired) electrons. The van der Waals surface area contributed by atoms with Gasteiger partial charge in [-0.2, -0.15) is 0 Å². The molecule has 0 aliphatic rings. The fraction of sp³-hybridized carbons (Fsp3) is 0.333. The molecule has 0 aliphatic carbocycles. The Kier molecular flexibility index (Phi) is 5.51. The van der Waals surface area contributed by atoms with Crippen LogP contribution in [-0.4, -0.2) is 34.6 Å². The van der Waals surface area contributed by atoms with E-state index < -0.39 is 0 Å². The quantitative estimate of drug-likeness (QED) is 0.881.